The average Bonchev–Trinajstić information content (AvgIpc) is 2.21. The summed E-state index contributed by atoms with van der Waals surface area (Å²) in [5.74, 6) is -1.53. The minimum absolute atomic E-state index is 0.346. The quantitative estimate of drug-likeness (QED) is 0.818. The van der Waals surface area contributed by atoms with Gasteiger partial charge in [0.05, 0.1) is 5.02 Å². The second-order valence-corrected chi connectivity index (χ2v) is 4.73. The van der Waals surface area contributed by atoms with Crippen LogP contribution in [0.4, 0.5) is 0 Å². The van der Waals surface area contributed by atoms with Gasteiger partial charge in [0, 0.05) is 9.13 Å². The molecule has 1 atom stereocenters. The Labute approximate surface area is 111 Å². The molecule has 6 heteroatoms. The van der Waals surface area contributed by atoms with Gasteiger partial charge in [0.1, 0.15) is 6.04 Å². The molecule has 1 amide bonds. The number of carboxylic acids is 1. The van der Waals surface area contributed by atoms with E-state index in [0.717, 1.165) is 3.57 Å². The Balaban J connectivity index is 2.81. The summed E-state index contributed by atoms with van der Waals surface area (Å²) in [6, 6.07) is 3.87. The zero-order valence-electron chi connectivity index (χ0n) is 8.33. The minimum atomic E-state index is -1.08. The van der Waals surface area contributed by atoms with Crippen molar-refractivity contribution in [2.24, 2.45) is 0 Å². The average molecular weight is 354 g/mol. The topological polar surface area (TPSA) is 66.4 Å². The largest absolute Gasteiger partial charge is 0.480 e. The molecular weight excluding hydrogens is 344 g/mol. The number of amides is 1. The number of benzene rings is 1. The SMILES string of the molecule is C[C@@H](NC(=O)c1ccc(I)c(Cl)c1)C(=O)O. The summed E-state index contributed by atoms with van der Waals surface area (Å²) in [6.45, 7) is 1.40. The molecule has 1 aromatic carbocycles. The first-order valence-electron chi connectivity index (χ1n) is 4.40. The van der Waals surface area contributed by atoms with Crippen LogP contribution in [0, 0.1) is 3.57 Å². The summed E-state index contributed by atoms with van der Waals surface area (Å²) in [5.41, 5.74) is 0.346. The fourth-order valence-corrected chi connectivity index (χ4v) is 1.50. The summed E-state index contributed by atoms with van der Waals surface area (Å²) in [4.78, 5) is 22.1. The summed E-state index contributed by atoms with van der Waals surface area (Å²) in [7, 11) is 0. The molecule has 1 rings (SSSR count). The van der Waals surface area contributed by atoms with Gasteiger partial charge in [-0.1, -0.05) is 11.6 Å². The first-order chi connectivity index (χ1) is 7.41. The number of nitrogens with one attached hydrogen (secondary N) is 1. The standard InChI is InChI=1S/C10H9ClINO3/c1-5(10(15)16)13-9(14)6-2-3-8(12)7(11)4-6/h2-5H,1H3,(H,13,14)(H,15,16)/t5-/m1/s1. The zero-order valence-corrected chi connectivity index (χ0v) is 11.2. The first-order valence-corrected chi connectivity index (χ1v) is 5.86. The van der Waals surface area contributed by atoms with Crippen molar-refractivity contribution in [2.45, 2.75) is 13.0 Å². The normalized spacial score (nSPS) is 11.9. The molecule has 16 heavy (non-hydrogen) atoms. The Bertz CT molecular complexity index is 436. The van der Waals surface area contributed by atoms with Crippen LogP contribution in [0.1, 0.15) is 17.3 Å². The van der Waals surface area contributed by atoms with Gasteiger partial charge >= 0.3 is 5.97 Å². The van der Waals surface area contributed by atoms with Gasteiger partial charge < -0.3 is 10.4 Å². The Morgan fingerprint density at radius 3 is 2.62 bits per heavy atom. The van der Waals surface area contributed by atoms with Crippen molar-refractivity contribution in [3.05, 3.63) is 32.4 Å². The van der Waals surface area contributed by atoms with Crippen LogP contribution in [0.15, 0.2) is 18.2 Å². The molecule has 0 bridgehead atoms. The molecule has 0 aliphatic heterocycles. The van der Waals surface area contributed by atoms with Gasteiger partial charge in [-0.25, -0.2) is 0 Å². The van der Waals surface area contributed by atoms with Crippen molar-refractivity contribution >= 4 is 46.1 Å². The highest BCUT2D eigenvalue weighted by Gasteiger charge is 2.15. The maximum Gasteiger partial charge on any atom is 0.325 e. The predicted molar refractivity (Wildman–Crippen MR) is 68.7 cm³/mol. The van der Waals surface area contributed by atoms with Gasteiger partial charge in [0.15, 0.2) is 0 Å². The lowest BCUT2D eigenvalue weighted by atomic mass is 10.2. The number of halogens is 2. The molecule has 86 valence electrons. The van der Waals surface area contributed by atoms with Gasteiger partial charge in [-0.15, -0.1) is 0 Å². The van der Waals surface area contributed by atoms with Crippen LogP contribution in [-0.4, -0.2) is 23.0 Å². The summed E-state index contributed by atoms with van der Waals surface area (Å²) in [6.07, 6.45) is 0. The smallest absolute Gasteiger partial charge is 0.325 e. The molecule has 0 saturated carbocycles. The lowest BCUT2D eigenvalue weighted by molar-refractivity contribution is -0.138. The summed E-state index contributed by atoms with van der Waals surface area (Å²) in [5, 5.41) is 11.4. The summed E-state index contributed by atoms with van der Waals surface area (Å²) < 4.78 is 0.835. The van der Waals surface area contributed by atoms with Crippen LogP contribution < -0.4 is 5.32 Å². The van der Waals surface area contributed by atoms with Crippen LogP contribution in [0.2, 0.25) is 5.02 Å². The van der Waals surface area contributed by atoms with Crippen LogP contribution in [0.3, 0.4) is 0 Å². The van der Waals surface area contributed by atoms with Crippen molar-refractivity contribution in [3.63, 3.8) is 0 Å². The van der Waals surface area contributed by atoms with Gasteiger partial charge in [0.2, 0.25) is 0 Å². The van der Waals surface area contributed by atoms with Gasteiger partial charge in [0.25, 0.3) is 5.91 Å². The number of hydrogen-bond acceptors (Lipinski definition) is 2. The number of aliphatic carboxylic acids is 1. The monoisotopic (exact) mass is 353 g/mol. The highest BCUT2D eigenvalue weighted by atomic mass is 127. The molecule has 0 spiro atoms. The molecule has 0 heterocycles. The predicted octanol–water partition coefficient (Wildman–Crippen LogP) is 2.15. The van der Waals surface area contributed by atoms with Crippen LogP contribution in [0.25, 0.3) is 0 Å². The van der Waals surface area contributed by atoms with Crippen molar-refractivity contribution in [2.75, 3.05) is 0 Å². The molecule has 0 aliphatic carbocycles. The van der Waals surface area contributed by atoms with E-state index in [-0.39, 0.29) is 0 Å². The fourth-order valence-electron chi connectivity index (χ4n) is 0.979. The van der Waals surface area contributed by atoms with Crippen LogP contribution in [-0.2, 0) is 4.79 Å². The molecule has 0 aliphatic rings. The minimum Gasteiger partial charge on any atom is -0.480 e. The van der Waals surface area contributed by atoms with Gasteiger partial charge in [-0.3, -0.25) is 9.59 Å². The molecule has 4 nitrogen and oxygen atoms in total. The lowest BCUT2D eigenvalue weighted by Gasteiger charge is -2.09. The molecule has 0 saturated heterocycles. The molecule has 1 aromatic rings. The van der Waals surface area contributed by atoms with E-state index < -0.39 is 17.9 Å². The van der Waals surface area contributed by atoms with Gasteiger partial charge in [-0.2, -0.15) is 0 Å². The van der Waals surface area contributed by atoms with Crippen molar-refractivity contribution < 1.29 is 14.7 Å². The molecule has 0 fully saturated rings. The number of rotatable bonds is 3. The van der Waals surface area contributed by atoms with E-state index in [2.05, 4.69) is 5.32 Å². The maximum absolute atomic E-state index is 11.6. The van der Waals surface area contributed by atoms with E-state index in [0.29, 0.717) is 10.6 Å². The molecule has 0 aromatic heterocycles. The fraction of sp³-hybridized carbons (Fsp3) is 0.200. The zero-order chi connectivity index (χ0) is 12.3. The van der Waals surface area contributed by atoms with Crippen molar-refractivity contribution in [1.82, 2.24) is 5.32 Å². The molecule has 2 N–H and O–H groups in total. The number of carbonyl (C=O) groups is 2. The van der Waals surface area contributed by atoms with Crippen molar-refractivity contribution in [3.8, 4) is 0 Å². The third kappa shape index (κ3) is 3.34. The van der Waals surface area contributed by atoms with Crippen molar-refractivity contribution in [1.29, 1.82) is 0 Å². The summed E-state index contributed by atoms with van der Waals surface area (Å²) >= 11 is 7.90. The van der Waals surface area contributed by atoms with E-state index in [1.807, 2.05) is 22.6 Å². The Morgan fingerprint density at radius 2 is 2.12 bits per heavy atom. The highest BCUT2D eigenvalue weighted by Crippen LogP contribution is 2.19. The number of hydrogen-bond donors (Lipinski definition) is 2. The van der Waals surface area contributed by atoms with Crippen LogP contribution >= 0.6 is 34.2 Å². The Kier molecular flexibility index (Phi) is 4.55. The van der Waals surface area contributed by atoms with E-state index in [1.54, 1.807) is 12.1 Å². The number of carboxylic acid groups (broad SMARTS) is 1. The maximum atomic E-state index is 11.6. The number of carbonyl (C=O) groups excluding carboxylic acids is 1. The second kappa shape index (κ2) is 5.49. The van der Waals surface area contributed by atoms with E-state index in [9.17, 15) is 9.59 Å². The molecule has 0 unspecified atom stereocenters. The Morgan fingerprint density at radius 1 is 1.50 bits per heavy atom. The third-order valence-electron chi connectivity index (χ3n) is 1.90. The van der Waals surface area contributed by atoms with E-state index in [4.69, 9.17) is 16.7 Å². The third-order valence-corrected chi connectivity index (χ3v) is 3.47. The first kappa shape index (κ1) is 13.2. The highest BCUT2D eigenvalue weighted by molar-refractivity contribution is 14.1. The van der Waals surface area contributed by atoms with E-state index in [1.165, 1.54) is 13.0 Å². The molecule has 0 radical (unpaired) electrons. The molecular formula is C10H9ClINO3. The van der Waals surface area contributed by atoms with E-state index >= 15 is 0 Å². The Hall–Kier alpha value is -0.820. The lowest BCUT2D eigenvalue weighted by Crippen LogP contribution is -2.38. The second-order valence-electron chi connectivity index (χ2n) is 3.16. The van der Waals surface area contributed by atoms with Gasteiger partial charge in [-0.05, 0) is 47.7 Å². The van der Waals surface area contributed by atoms with Crippen LogP contribution in [0.5, 0.6) is 0 Å².